The Hall–Kier alpha value is -1.17. The molecule has 0 amide bonds. The number of thiophene rings is 1. The van der Waals surface area contributed by atoms with Gasteiger partial charge in [0.2, 0.25) is 0 Å². The number of nitrogens with zero attached hydrogens (tertiary/aromatic N) is 2. The Morgan fingerprint density at radius 1 is 1.48 bits per heavy atom. The van der Waals surface area contributed by atoms with Crippen molar-refractivity contribution in [1.29, 1.82) is 0 Å². The summed E-state index contributed by atoms with van der Waals surface area (Å²) in [5.74, 6) is 1.40. The maximum atomic E-state index is 9.63. The van der Waals surface area contributed by atoms with E-state index >= 15 is 0 Å². The minimum absolute atomic E-state index is 0.113. The lowest BCUT2D eigenvalue weighted by Gasteiger charge is -2.34. The first-order valence-electron chi connectivity index (χ1n) is 7.67. The van der Waals surface area contributed by atoms with Crippen LogP contribution in [-0.4, -0.2) is 27.3 Å². The fourth-order valence-corrected chi connectivity index (χ4v) is 4.04. The Bertz CT molecular complexity index is 552. The fraction of sp³-hybridized carbons (Fsp3) is 0.562. The third-order valence-electron chi connectivity index (χ3n) is 4.47. The standard InChI is InChI=1S/C16H23N3OS/c1-19-9-8-17-16(19)15(14-7-4-10-21-14)18-13-6-3-2-5-12(13)11-20/h4,7-10,12-13,15,18,20H,2-3,5-6,11H2,1H3. The predicted molar refractivity (Wildman–Crippen MR) is 85.3 cm³/mol. The second-order valence-electron chi connectivity index (χ2n) is 5.85. The van der Waals surface area contributed by atoms with Gasteiger partial charge in [0.25, 0.3) is 0 Å². The highest BCUT2D eigenvalue weighted by molar-refractivity contribution is 7.10. The van der Waals surface area contributed by atoms with Gasteiger partial charge in [0.15, 0.2) is 0 Å². The Morgan fingerprint density at radius 2 is 2.33 bits per heavy atom. The van der Waals surface area contributed by atoms with Gasteiger partial charge in [-0.1, -0.05) is 18.9 Å². The second-order valence-corrected chi connectivity index (χ2v) is 6.82. The van der Waals surface area contributed by atoms with Crippen LogP contribution in [0.15, 0.2) is 29.9 Å². The van der Waals surface area contributed by atoms with E-state index < -0.39 is 0 Å². The maximum Gasteiger partial charge on any atom is 0.131 e. The minimum atomic E-state index is 0.113. The molecule has 0 saturated heterocycles. The van der Waals surface area contributed by atoms with Gasteiger partial charge >= 0.3 is 0 Å². The largest absolute Gasteiger partial charge is 0.396 e. The highest BCUT2D eigenvalue weighted by Gasteiger charge is 2.29. The summed E-state index contributed by atoms with van der Waals surface area (Å²) in [7, 11) is 2.04. The van der Waals surface area contributed by atoms with Crippen LogP contribution in [0.2, 0.25) is 0 Å². The van der Waals surface area contributed by atoms with E-state index in [4.69, 9.17) is 0 Å². The topological polar surface area (TPSA) is 50.1 Å². The summed E-state index contributed by atoms with van der Waals surface area (Å²) in [5, 5.41) is 15.5. The Labute approximate surface area is 129 Å². The van der Waals surface area contributed by atoms with E-state index in [0.29, 0.717) is 12.0 Å². The molecule has 2 heterocycles. The summed E-state index contributed by atoms with van der Waals surface area (Å²) in [6, 6.07) is 4.73. The number of aromatic nitrogens is 2. The second kappa shape index (κ2) is 6.73. The first kappa shape index (κ1) is 14.8. The molecule has 0 bridgehead atoms. The molecular formula is C16H23N3OS. The van der Waals surface area contributed by atoms with Crippen molar-refractivity contribution < 1.29 is 5.11 Å². The fourth-order valence-electron chi connectivity index (χ4n) is 3.25. The van der Waals surface area contributed by atoms with Gasteiger partial charge in [0.05, 0.1) is 0 Å². The highest BCUT2D eigenvalue weighted by atomic mass is 32.1. The van der Waals surface area contributed by atoms with Crippen LogP contribution >= 0.6 is 11.3 Å². The van der Waals surface area contributed by atoms with Crippen molar-refractivity contribution in [2.75, 3.05) is 6.61 Å². The van der Waals surface area contributed by atoms with Crippen molar-refractivity contribution in [3.8, 4) is 0 Å². The zero-order chi connectivity index (χ0) is 14.7. The average molecular weight is 305 g/mol. The van der Waals surface area contributed by atoms with Crippen molar-refractivity contribution >= 4 is 11.3 Å². The van der Waals surface area contributed by atoms with Gasteiger partial charge in [-0.3, -0.25) is 5.32 Å². The monoisotopic (exact) mass is 305 g/mol. The summed E-state index contributed by atoms with van der Waals surface area (Å²) >= 11 is 1.76. The molecule has 0 radical (unpaired) electrons. The van der Waals surface area contributed by atoms with Crippen molar-refractivity contribution in [3.05, 3.63) is 40.6 Å². The lowest BCUT2D eigenvalue weighted by molar-refractivity contribution is 0.148. The smallest absolute Gasteiger partial charge is 0.131 e. The molecule has 3 rings (SSSR count). The molecule has 3 atom stereocenters. The molecule has 1 aliphatic carbocycles. The number of aliphatic hydroxyl groups excluding tert-OH is 1. The van der Waals surface area contributed by atoms with E-state index in [1.807, 2.05) is 19.4 Å². The van der Waals surface area contributed by atoms with Gasteiger partial charge in [-0.25, -0.2) is 4.98 Å². The van der Waals surface area contributed by atoms with E-state index in [0.717, 1.165) is 18.7 Å². The lowest BCUT2D eigenvalue weighted by Crippen LogP contribution is -2.42. The SMILES string of the molecule is Cn1ccnc1C(NC1CCCCC1CO)c1cccs1. The molecule has 2 aromatic rings. The van der Waals surface area contributed by atoms with Crippen LogP contribution in [0, 0.1) is 5.92 Å². The molecule has 3 unspecified atom stereocenters. The summed E-state index contributed by atoms with van der Waals surface area (Å²) in [6.07, 6.45) is 8.56. The molecule has 1 fully saturated rings. The highest BCUT2D eigenvalue weighted by Crippen LogP contribution is 2.30. The molecule has 21 heavy (non-hydrogen) atoms. The van der Waals surface area contributed by atoms with Gasteiger partial charge in [-0.2, -0.15) is 0 Å². The number of hydrogen-bond acceptors (Lipinski definition) is 4. The van der Waals surface area contributed by atoms with Crippen LogP contribution in [-0.2, 0) is 7.05 Å². The van der Waals surface area contributed by atoms with E-state index in [2.05, 4.69) is 32.4 Å². The average Bonchev–Trinajstić information content (AvgIpc) is 3.17. The van der Waals surface area contributed by atoms with Crippen LogP contribution in [0.4, 0.5) is 0 Å². The molecule has 5 heteroatoms. The molecule has 0 spiro atoms. The molecule has 2 N–H and O–H groups in total. The van der Waals surface area contributed by atoms with Crippen LogP contribution < -0.4 is 5.32 Å². The van der Waals surface area contributed by atoms with Gasteiger partial charge in [0, 0.05) is 37.0 Å². The van der Waals surface area contributed by atoms with Crippen molar-refractivity contribution in [2.45, 2.75) is 37.8 Å². The van der Waals surface area contributed by atoms with Crippen molar-refractivity contribution in [1.82, 2.24) is 14.9 Å². The molecule has 2 aromatic heterocycles. The number of rotatable bonds is 5. The number of imidazole rings is 1. The molecule has 0 aromatic carbocycles. The van der Waals surface area contributed by atoms with E-state index in [9.17, 15) is 5.11 Å². The number of hydrogen-bond donors (Lipinski definition) is 2. The summed E-state index contributed by atoms with van der Waals surface area (Å²) < 4.78 is 2.08. The molecule has 114 valence electrons. The molecule has 0 aliphatic heterocycles. The number of aliphatic hydroxyl groups is 1. The van der Waals surface area contributed by atoms with Gasteiger partial charge in [-0.05, 0) is 30.2 Å². The van der Waals surface area contributed by atoms with E-state index in [1.54, 1.807) is 11.3 Å². The summed E-state index contributed by atoms with van der Waals surface area (Å²) in [4.78, 5) is 5.82. The van der Waals surface area contributed by atoms with Crippen LogP contribution in [0.5, 0.6) is 0 Å². The van der Waals surface area contributed by atoms with Crippen molar-refractivity contribution in [2.24, 2.45) is 13.0 Å². The number of aryl methyl sites for hydroxylation is 1. The Kier molecular flexibility index (Phi) is 4.73. The predicted octanol–water partition coefficient (Wildman–Crippen LogP) is 2.71. The number of nitrogens with one attached hydrogen (secondary N) is 1. The zero-order valence-corrected chi connectivity index (χ0v) is 13.2. The molecular weight excluding hydrogens is 282 g/mol. The molecule has 1 saturated carbocycles. The van der Waals surface area contributed by atoms with Crippen molar-refractivity contribution in [3.63, 3.8) is 0 Å². The van der Waals surface area contributed by atoms with Gasteiger partial charge in [-0.15, -0.1) is 11.3 Å². The third kappa shape index (κ3) is 3.20. The maximum absolute atomic E-state index is 9.63. The van der Waals surface area contributed by atoms with E-state index in [1.165, 1.54) is 17.7 Å². The first-order chi connectivity index (χ1) is 10.3. The minimum Gasteiger partial charge on any atom is -0.396 e. The first-order valence-corrected chi connectivity index (χ1v) is 8.55. The van der Waals surface area contributed by atoms with Crippen LogP contribution in [0.1, 0.15) is 42.4 Å². The summed E-state index contributed by atoms with van der Waals surface area (Å²) in [6.45, 7) is 0.273. The Balaban J connectivity index is 1.84. The normalized spacial score (nSPS) is 24.1. The molecule has 1 aliphatic rings. The quantitative estimate of drug-likeness (QED) is 0.893. The lowest BCUT2D eigenvalue weighted by atomic mass is 9.84. The van der Waals surface area contributed by atoms with Gasteiger partial charge in [0.1, 0.15) is 11.9 Å². The van der Waals surface area contributed by atoms with E-state index in [-0.39, 0.29) is 12.6 Å². The van der Waals surface area contributed by atoms with Crippen LogP contribution in [0.3, 0.4) is 0 Å². The van der Waals surface area contributed by atoms with Gasteiger partial charge < -0.3 is 9.67 Å². The Morgan fingerprint density at radius 3 is 3.00 bits per heavy atom. The summed E-state index contributed by atoms with van der Waals surface area (Å²) in [5.41, 5.74) is 0. The third-order valence-corrected chi connectivity index (χ3v) is 5.41. The molecule has 4 nitrogen and oxygen atoms in total. The van der Waals surface area contributed by atoms with Crippen LogP contribution in [0.25, 0.3) is 0 Å². The zero-order valence-electron chi connectivity index (χ0n) is 12.4.